The molecule has 0 saturated heterocycles. The van der Waals surface area contributed by atoms with Crippen LogP contribution in [0.15, 0.2) is 12.2 Å². The van der Waals surface area contributed by atoms with Crippen molar-refractivity contribution in [3.05, 3.63) is 12.2 Å². The van der Waals surface area contributed by atoms with Crippen molar-refractivity contribution in [1.29, 1.82) is 0 Å². The summed E-state index contributed by atoms with van der Waals surface area (Å²) in [5, 5.41) is 8.78. The molecule has 0 bridgehead atoms. The number of ketones is 1. The van der Waals surface area contributed by atoms with Crippen molar-refractivity contribution in [1.82, 2.24) is 0 Å². The Bertz CT molecular complexity index is 305. The van der Waals surface area contributed by atoms with E-state index in [4.69, 9.17) is 9.84 Å². The topological polar surface area (TPSA) is 46.5 Å². The van der Waals surface area contributed by atoms with Gasteiger partial charge in [-0.25, -0.2) is 0 Å². The van der Waals surface area contributed by atoms with Crippen molar-refractivity contribution in [2.24, 2.45) is 5.41 Å². The van der Waals surface area contributed by atoms with Crippen molar-refractivity contribution in [2.45, 2.75) is 78.9 Å². The van der Waals surface area contributed by atoms with Gasteiger partial charge in [-0.05, 0) is 40.0 Å². The molecular weight excluding hydrogens is 252 g/mol. The Morgan fingerprint density at radius 2 is 1.75 bits per heavy atom. The first-order chi connectivity index (χ1) is 9.06. The Balaban J connectivity index is 4.29. The number of Topliss-reactive ketones (excluding diaryl/α,β-unsaturated/α-hetero) is 1. The summed E-state index contributed by atoms with van der Waals surface area (Å²) in [6.45, 7) is 12.1. The molecule has 0 heterocycles. The lowest BCUT2D eigenvalue weighted by Crippen LogP contribution is -2.27. The Morgan fingerprint density at radius 1 is 1.15 bits per heavy atom. The fourth-order valence-corrected chi connectivity index (χ4v) is 1.91. The molecule has 0 aromatic rings. The second-order valence-electron chi connectivity index (χ2n) is 7.31. The summed E-state index contributed by atoms with van der Waals surface area (Å²) in [5.41, 5.74) is -0.442. The summed E-state index contributed by atoms with van der Waals surface area (Å²) in [4.78, 5) is 11.9. The molecule has 1 atom stereocenters. The molecule has 1 N–H and O–H groups in total. The lowest BCUT2D eigenvalue weighted by molar-refractivity contribution is -0.126. The summed E-state index contributed by atoms with van der Waals surface area (Å²) in [6.07, 6.45) is 6.89. The molecule has 0 spiro atoms. The molecule has 0 amide bonds. The number of carbonyl (C=O) groups is 1. The van der Waals surface area contributed by atoms with Crippen LogP contribution in [0, 0.1) is 5.41 Å². The Morgan fingerprint density at radius 3 is 2.20 bits per heavy atom. The first-order valence-electron chi connectivity index (χ1n) is 7.53. The molecule has 3 heteroatoms. The van der Waals surface area contributed by atoms with Crippen LogP contribution < -0.4 is 0 Å². The molecule has 1 unspecified atom stereocenters. The van der Waals surface area contributed by atoms with Crippen molar-refractivity contribution in [2.75, 3.05) is 6.61 Å². The highest BCUT2D eigenvalue weighted by atomic mass is 16.5. The molecule has 0 rings (SSSR count). The highest BCUT2D eigenvalue weighted by molar-refractivity contribution is 5.83. The van der Waals surface area contributed by atoms with Crippen LogP contribution in [-0.2, 0) is 9.53 Å². The van der Waals surface area contributed by atoms with E-state index < -0.39 is 0 Å². The number of aliphatic hydroxyl groups is 1. The van der Waals surface area contributed by atoms with E-state index in [1.54, 1.807) is 6.08 Å². The lowest BCUT2D eigenvalue weighted by Gasteiger charge is -2.27. The number of aliphatic hydroxyl groups excluding tert-OH is 1. The molecule has 0 radical (unpaired) electrons. The molecule has 0 aromatic carbocycles. The average Bonchev–Trinajstić information content (AvgIpc) is 2.25. The first kappa shape index (κ1) is 19.3. The van der Waals surface area contributed by atoms with E-state index in [-0.39, 0.29) is 23.7 Å². The molecule has 118 valence electrons. The van der Waals surface area contributed by atoms with Gasteiger partial charge in [0.2, 0.25) is 0 Å². The maximum Gasteiger partial charge on any atom is 0.138 e. The van der Waals surface area contributed by atoms with Gasteiger partial charge in [0.1, 0.15) is 5.78 Å². The van der Waals surface area contributed by atoms with E-state index in [2.05, 4.69) is 0 Å². The van der Waals surface area contributed by atoms with E-state index in [1.165, 1.54) is 0 Å². The smallest absolute Gasteiger partial charge is 0.138 e. The second-order valence-corrected chi connectivity index (χ2v) is 7.31. The largest absolute Gasteiger partial charge is 0.392 e. The highest BCUT2D eigenvalue weighted by Gasteiger charge is 2.22. The maximum atomic E-state index is 11.9. The predicted molar refractivity (Wildman–Crippen MR) is 83.8 cm³/mol. The van der Waals surface area contributed by atoms with E-state index >= 15 is 0 Å². The molecule has 0 aromatic heterocycles. The van der Waals surface area contributed by atoms with Crippen LogP contribution in [0.1, 0.15) is 67.2 Å². The number of hydrogen-bond donors (Lipinski definition) is 1. The molecule has 20 heavy (non-hydrogen) atoms. The van der Waals surface area contributed by atoms with Crippen LogP contribution >= 0.6 is 0 Å². The van der Waals surface area contributed by atoms with Gasteiger partial charge in [-0.1, -0.05) is 32.9 Å². The number of hydrogen-bond acceptors (Lipinski definition) is 3. The van der Waals surface area contributed by atoms with Gasteiger partial charge in [-0.3, -0.25) is 4.79 Å². The fourth-order valence-electron chi connectivity index (χ4n) is 1.91. The summed E-state index contributed by atoms with van der Waals surface area (Å²) in [7, 11) is 0. The molecule has 3 nitrogen and oxygen atoms in total. The Labute approximate surface area is 124 Å². The zero-order chi connectivity index (χ0) is 15.8. The SMILES string of the molecule is CC(C)(C)OC(C/C=C\CO)CCCC(=O)C(C)(C)C. The van der Waals surface area contributed by atoms with Crippen LogP contribution in [0.5, 0.6) is 0 Å². The van der Waals surface area contributed by atoms with Crippen molar-refractivity contribution < 1.29 is 14.6 Å². The summed E-state index contributed by atoms with van der Waals surface area (Å²) < 4.78 is 6.01. The van der Waals surface area contributed by atoms with Gasteiger partial charge in [-0.2, -0.15) is 0 Å². The molecule has 0 fully saturated rings. The third-order valence-corrected chi connectivity index (χ3v) is 2.96. The summed E-state index contributed by atoms with van der Waals surface area (Å²) in [5.74, 6) is 0.304. The van der Waals surface area contributed by atoms with E-state index in [0.717, 1.165) is 19.3 Å². The number of ether oxygens (including phenoxy) is 1. The van der Waals surface area contributed by atoms with Gasteiger partial charge >= 0.3 is 0 Å². The minimum atomic E-state index is -0.253. The van der Waals surface area contributed by atoms with E-state index in [9.17, 15) is 4.79 Å². The maximum absolute atomic E-state index is 11.9. The Hall–Kier alpha value is -0.670. The third kappa shape index (κ3) is 10.2. The van der Waals surface area contributed by atoms with Crippen LogP contribution in [0.4, 0.5) is 0 Å². The van der Waals surface area contributed by atoms with Gasteiger partial charge in [0.25, 0.3) is 0 Å². The molecular formula is C17H32O3. The number of rotatable bonds is 8. The lowest BCUT2D eigenvalue weighted by atomic mass is 9.87. The Kier molecular flexibility index (Phi) is 8.29. The number of carbonyl (C=O) groups excluding carboxylic acids is 1. The fraction of sp³-hybridized carbons (Fsp3) is 0.824. The van der Waals surface area contributed by atoms with E-state index in [1.807, 2.05) is 47.6 Å². The average molecular weight is 284 g/mol. The van der Waals surface area contributed by atoms with Gasteiger partial charge in [-0.15, -0.1) is 0 Å². The van der Waals surface area contributed by atoms with Gasteiger partial charge < -0.3 is 9.84 Å². The normalized spacial score (nSPS) is 14.8. The van der Waals surface area contributed by atoms with Crippen molar-refractivity contribution in [3.8, 4) is 0 Å². The monoisotopic (exact) mass is 284 g/mol. The second kappa shape index (κ2) is 8.58. The van der Waals surface area contributed by atoms with Gasteiger partial charge in [0, 0.05) is 11.8 Å². The van der Waals surface area contributed by atoms with Crippen LogP contribution in [-0.4, -0.2) is 29.2 Å². The highest BCUT2D eigenvalue weighted by Crippen LogP contribution is 2.22. The minimum Gasteiger partial charge on any atom is -0.392 e. The zero-order valence-corrected chi connectivity index (χ0v) is 14.0. The van der Waals surface area contributed by atoms with Gasteiger partial charge in [0.05, 0.1) is 18.3 Å². The van der Waals surface area contributed by atoms with Crippen molar-refractivity contribution >= 4 is 5.78 Å². The molecule has 0 aliphatic rings. The van der Waals surface area contributed by atoms with Crippen LogP contribution in [0.25, 0.3) is 0 Å². The first-order valence-corrected chi connectivity index (χ1v) is 7.53. The third-order valence-electron chi connectivity index (χ3n) is 2.96. The molecule has 0 aliphatic carbocycles. The van der Waals surface area contributed by atoms with Crippen molar-refractivity contribution in [3.63, 3.8) is 0 Å². The predicted octanol–water partition coefficient (Wildman–Crippen LogP) is 3.89. The molecule has 0 aliphatic heterocycles. The standard InChI is InChI=1S/C17H32O3/c1-16(2,3)15(19)12-9-11-14(10-7-8-13-18)20-17(4,5)6/h7-8,14,18H,9-13H2,1-6H3/b8-7-. The van der Waals surface area contributed by atoms with E-state index in [0.29, 0.717) is 12.2 Å². The summed E-state index contributed by atoms with van der Waals surface area (Å²) in [6, 6.07) is 0. The molecule has 0 saturated carbocycles. The summed E-state index contributed by atoms with van der Waals surface area (Å²) >= 11 is 0. The zero-order valence-electron chi connectivity index (χ0n) is 14.0. The van der Waals surface area contributed by atoms with Crippen LogP contribution in [0.3, 0.4) is 0 Å². The van der Waals surface area contributed by atoms with Crippen LogP contribution in [0.2, 0.25) is 0 Å². The minimum absolute atomic E-state index is 0.0603. The van der Waals surface area contributed by atoms with Gasteiger partial charge in [0.15, 0.2) is 0 Å². The quantitative estimate of drug-likeness (QED) is 0.688.